The van der Waals surface area contributed by atoms with Crippen LogP contribution in [0.15, 0.2) is 0 Å². The van der Waals surface area contributed by atoms with Crippen LogP contribution in [0.3, 0.4) is 0 Å². The van der Waals surface area contributed by atoms with Crippen molar-refractivity contribution in [2.75, 3.05) is 0 Å². The molecule has 1 aromatic heterocycles. The maximum Gasteiger partial charge on any atom is 0.0804 e. The van der Waals surface area contributed by atoms with E-state index in [2.05, 4.69) is 21.9 Å². The molecule has 0 radical (unpaired) electrons. The summed E-state index contributed by atoms with van der Waals surface area (Å²) in [7, 11) is 0. The van der Waals surface area contributed by atoms with Crippen LogP contribution in [0.1, 0.15) is 49.2 Å². The van der Waals surface area contributed by atoms with Gasteiger partial charge in [-0.15, -0.1) is 5.10 Å². The van der Waals surface area contributed by atoms with E-state index in [0.717, 1.165) is 18.5 Å². The molecule has 1 saturated carbocycles. The van der Waals surface area contributed by atoms with Gasteiger partial charge in [-0.3, -0.25) is 11.3 Å². The molecule has 1 aromatic rings. The van der Waals surface area contributed by atoms with E-state index in [9.17, 15) is 0 Å². The largest absolute Gasteiger partial charge is 0.271 e. The average Bonchev–Trinajstić information content (AvgIpc) is 2.60. The zero-order valence-electron chi connectivity index (χ0n) is 9.07. The lowest BCUT2D eigenvalue weighted by atomic mass is 9.79. The van der Waals surface area contributed by atoms with E-state index < -0.39 is 0 Å². The van der Waals surface area contributed by atoms with Crippen molar-refractivity contribution in [3.05, 3.63) is 10.6 Å². The van der Waals surface area contributed by atoms with Gasteiger partial charge in [0.2, 0.25) is 0 Å². The molecule has 5 heteroatoms. The van der Waals surface area contributed by atoms with Crippen molar-refractivity contribution in [3.63, 3.8) is 0 Å². The van der Waals surface area contributed by atoms with E-state index in [1.54, 1.807) is 0 Å². The molecule has 0 aromatic carbocycles. The fourth-order valence-corrected chi connectivity index (χ4v) is 2.91. The van der Waals surface area contributed by atoms with Gasteiger partial charge in [0, 0.05) is 0 Å². The SMILES string of the molecule is CCCc1nnsc1C(NN)C1CCC1. The van der Waals surface area contributed by atoms with E-state index in [1.807, 2.05) is 0 Å². The first-order valence-corrected chi connectivity index (χ1v) is 6.41. The fourth-order valence-electron chi connectivity index (χ4n) is 2.06. The van der Waals surface area contributed by atoms with Gasteiger partial charge in [-0.2, -0.15) is 0 Å². The minimum absolute atomic E-state index is 0.278. The number of hydrazine groups is 1. The molecule has 1 atom stereocenters. The van der Waals surface area contributed by atoms with E-state index in [-0.39, 0.29) is 6.04 Å². The molecular formula is C10H18N4S. The highest BCUT2D eigenvalue weighted by atomic mass is 32.1. The van der Waals surface area contributed by atoms with Crippen LogP contribution in [0.4, 0.5) is 0 Å². The smallest absolute Gasteiger partial charge is 0.0804 e. The number of aromatic nitrogens is 2. The van der Waals surface area contributed by atoms with Gasteiger partial charge in [0.15, 0.2) is 0 Å². The lowest BCUT2D eigenvalue weighted by molar-refractivity contribution is 0.234. The van der Waals surface area contributed by atoms with Crippen molar-refractivity contribution < 1.29 is 0 Å². The summed E-state index contributed by atoms with van der Waals surface area (Å²) in [6, 6.07) is 0.278. The number of rotatable bonds is 5. The molecule has 15 heavy (non-hydrogen) atoms. The third-order valence-corrected chi connectivity index (χ3v) is 4.00. The van der Waals surface area contributed by atoms with Crippen molar-refractivity contribution in [1.29, 1.82) is 0 Å². The summed E-state index contributed by atoms with van der Waals surface area (Å²) < 4.78 is 4.05. The summed E-state index contributed by atoms with van der Waals surface area (Å²) in [5.41, 5.74) is 4.07. The van der Waals surface area contributed by atoms with E-state index in [4.69, 9.17) is 5.84 Å². The molecule has 0 spiro atoms. The predicted octanol–water partition coefficient (Wildman–Crippen LogP) is 1.80. The second kappa shape index (κ2) is 5.01. The Kier molecular flexibility index (Phi) is 3.66. The van der Waals surface area contributed by atoms with Crippen molar-refractivity contribution in [2.45, 2.75) is 45.1 Å². The molecule has 1 heterocycles. The summed E-state index contributed by atoms with van der Waals surface area (Å²) in [6.45, 7) is 2.16. The summed E-state index contributed by atoms with van der Waals surface area (Å²) in [5.74, 6) is 6.33. The number of nitrogens with one attached hydrogen (secondary N) is 1. The first-order chi connectivity index (χ1) is 7.36. The molecule has 0 amide bonds. The van der Waals surface area contributed by atoms with Crippen molar-refractivity contribution >= 4 is 11.5 Å². The van der Waals surface area contributed by atoms with Crippen LogP contribution in [0.2, 0.25) is 0 Å². The van der Waals surface area contributed by atoms with Crippen molar-refractivity contribution in [3.8, 4) is 0 Å². The number of aryl methyl sites for hydroxylation is 1. The minimum Gasteiger partial charge on any atom is -0.271 e. The average molecular weight is 226 g/mol. The highest BCUT2D eigenvalue weighted by Gasteiger charge is 2.30. The van der Waals surface area contributed by atoms with Gasteiger partial charge in [0.05, 0.1) is 16.6 Å². The third-order valence-electron chi connectivity index (χ3n) is 3.16. The Hall–Kier alpha value is -0.520. The van der Waals surface area contributed by atoms with Gasteiger partial charge in [0.25, 0.3) is 0 Å². The van der Waals surface area contributed by atoms with Gasteiger partial charge in [-0.1, -0.05) is 24.3 Å². The highest BCUT2D eigenvalue weighted by Crippen LogP contribution is 2.39. The molecule has 3 N–H and O–H groups in total. The second-order valence-electron chi connectivity index (χ2n) is 4.17. The Morgan fingerprint density at radius 3 is 2.93 bits per heavy atom. The zero-order chi connectivity index (χ0) is 10.7. The normalized spacial score (nSPS) is 18.8. The molecule has 0 bridgehead atoms. The van der Waals surface area contributed by atoms with Crippen LogP contribution in [-0.2, 0) is 6.42 Å². The minimum atomic E-state index is 0.278. The Morgan fingerprint density at radius 1 is 1.60 bits per heavy atom. The Morgan fingerprint density at radius 2 is 2.40 bits per heavy atom. The van der Waals surface area contributed by atoms with Gasteiger partial charge in [0.1, 0.15) is 0 Å². The molecule has 4 nitrogen and oxygen atoms in total. The van der Waals surface area contributed by atoms with Crippen LogP contribution in [-0.4, -0.2) is 9.59 Å². The zero-order valence-corrected chi connectivity index (χ0v) is 9.89. The van der Waals surface area contributed by atoms with E-state index in [0.29, 0.717) is 5.92 Å². The Balaban J connectivity index is 2.13. The van der Waals surface area contributed by atoms with Crippen molar-refractivity contribution in [2.24, 2.45) is 11.8 Å². The maximum atomic E-state index is 5.64. The lowest BCUT2D eigenvalue weighted by Crippen LogP contribution is -2.36. The van der Waals surface area contributed by atoms with Gasteiger partial charge >= 0.3 is 0 Å². The first-order valence-electron chi connectivity index (χ1n) is 5.64. The second-order valence-corrected chi connectivity index (χ2v) is 4.95. The highest BCUT2D eigenvalue weighted by molar-refractivity contribution is 7.05. The van der Waals surface area contributed by atoms with Crippen LogP contribution in [0.25, 0.3) is 0 Å². The third kappa shape index (κ3) is 2.19. The molecule has 0 saturated heterocycles. The topological polar surface area (TPSA) is 63.8 Å². The summed E-state index contributed by atoms with van der Waals surface area (Å²) in [4.78, 5) is 1.25. The Labute approximate surface area is 94.4 Å². The monoisotopic (exact) mass is 226 g/mol. The molecule has 2 rings (SSSR count). The lowest BCUT2D eigenvalue weighted by Gasteiger charge is -2.32. The van der Waals surface area contributed by atoms with E-state index in [1.165, 1.54) is 35.7 Å². The summed E-state index contributed by atoms with van der Waals surface area (Å²) in [6.07, 6.45) is 6.01. The molecule has 1 aliphatic carbocycles. The number of nitrogens with two attached hydrogens (primary N) is 1. The summed E-state index contributed by atoms with van der Waals surface area (Å²) >= 11 is 1.50. The predicted molar refractivity (Wildman–Crippen MR) is 61.3 cm³/mol. The first kappa shape index (κ1) is 11.0. The number of hydrogen-bond acceptors (Lipinski definition) is 5. The summed E-state index contributed by atoms with van der Waals surface area (Å²) in [5, 5.41) is 4.19. The quantitative estimate of drug-likeness (QED) is 0.593. The Bertz CT molecular complexity index is 308. The van der Waals surface area contributed by atoms with Crippen molar-refractivity contribution in [1.82, 2.24) is 15.0 Å². The molecule has 84 valence electrons. The standard InChI is InChI=1S/C10H18N4S/c1-2-4-8-10(15-14-13-8)9(12-11)7-5-3-6-7/h7,9,12H,2-6,11H2,1H3. The number of hydrogen-bond donors (Lipinski definition) is 2. The van der Waals surface area contributed by atoms with Gasteiger partial charge < -0.3 is 0 Å². The van der Waals surface area contributed by atoms with Gasteiger partial charge in [-0.25, -0.2) is 0 Å². The van der Waals surface area contributed by atoms with Crippen LogP contribution >= 0.6 is 11.5 Å². The fraction of sp³-hybridized carbons (Fsp3) is 0.800. The van der Waals surface area contributed by atoms with Gasteiger partial charge in [-0.05, 0) is 36.7 Å². The molecule has 0 aliphatic heterocycles. The van der Waals surface area contributed by atoms with Crippen LogP contribution in [0.5, 0.6) is 0 Å². The maximum absolute atomic E-state index is 5.64. The molecule has 1 aliphatic rings. The van der Waals surface area contributed by atoms with Crippen LogP contribution < -0.4 is 11.3 Å². The molecule has 1 unspecified atom stereocenters. The number of nitrogens with zero attached hydrogens (tertiary/aromatic N) is 2. The molecule has 1 fully saturated rings. The van der Waals surface area contributed by atoms with E-state index >= 15 is 0 Å². The molecular weight excluding hydrogens is 208 g/mol. The van der Waals surface area contributed by atoms with Crippen LogP contribution in [0, 0.1) is 5.92 Å².